The standard InChI is InChI=1S/C22H27ClN4O3.2H2S/c1-5-13(2)21(24-3)22(29)25-15-6-7-27-11-18(26-20(27)9-15)16-10-17(23)19(30-4)8-14(16)12-28;;/h6-11,13,21,24,28H,5,12H2,1-4H3,(H,25,29);2*1H2/t13-,21-;;/m0../s1. The molecule has 1 amide bonds. The van der Waals surface area contributed by atoms with Crippen molar-refractivity contribution in [3.63, 3.8) is 0 Å². The van der Waals surface area contributed by atoms with E-state index in [4.69, 9.17) is 16.3 Å². The molecule has 0 aliphatic rings. The second-order valence-electron chi connectivity index (χ2n) is 7.25. The Kier molecular flexibility index (Phi) is 10.9. The lowest BCUT2D eigenvalue weighted by atomic mass is 9.98. The monoisotopic (exact) mass is 498 g/mol. The summed E-state index contributed by atoms with van der Waals surface area (Å²) in [4.78, 5) is 17.3. The van der Waals surface area contributed by atoms with Crippen molar-refractivity contribution in [1.82, 2.24) is 14.7 Å². The van der Waals surface area contributed by atoms with Crippen LogP contribution in [0.2, 0.25) is 5.02 Å². The summed E-state index contributed by atoms with van der Waals surface area (Å²) in [6.45, 7) is 3.94. The number of carbonyl (C=O) groups is 1. The number of likely N-dealkylation sites (N-methyl/N-ethyl adjacent to an activating group) is 1. The van der Waals surface area contributed by atoms with Crippen molar-refractivity contribution >= 4 is 55.8 Å². The molecule has 0 saturated carbocycles. The van der Waals surface area contributed by atoms with Crippen LogP contribution in [0.4, 0.5) is 5.69 Å². The predicted octanol–water partition coefficient (Wildman–Crippen LogP) is 3.95. The Morgan fingerprint density at radius 1 is 1.31 bits per heavy atom. The molecule has 0 aliphatic heterocycles. The van der Waals surface area contributed by atoms with Gasteiger partial charge in [-0.15, -0.1) is 0 Å². The van der Waals surface area contributed by atoms with Gasteiger partial charge in [-0.2, -0.15) is 27.0 Å². The number of carbonyl (C=O) groups excluding carboxylic acids is 1. The van der Waals surface area contributed by atoms with Gasteiger partial charge in [-0.3, -0.25) is 4.79 Å². The summed E-state index contributed by atoms with van der Waals surface area (Å²) < 4.78 is 7.08. The number of aliphatic hydroxyl groups is 1. The first-order valence-electron chi connectivity index (χ1n) is 9.86. The number of hydrogen-bond donors (Lipinski definition) is 3. The molecule has 176 valence electrons. The van der Waals surface area contributed by atoms with Gasteiger partial charge < -0.3 is 24.9 Å². The van der Waals surface area contributed by atoms with E-state index in [-0.39, 0.29) is 51.5 Å². The second kappa shape index (κ2) is 12.4. The fourth-order valence-electron chi connectivity index (χ4n) is 3.44. The molecule has 0 bridgehead atoms. The van der Waals surface area contributed by atoms with Gasteiger partial charge in [-0.05, 0) is 36.7 Å². The van der Waals surface area contributed by atoms with E-state index in [1.807, 2.05) is 35.9 Å². The van der Waals surface area contributed by atoms with E-state index in [1.54, 1.807) is 19.2 Å². The number of pyridine rings is 1. The number of fused-ring (bicyclic) bond motifs is 1. The van der Waals surface area contributed by atoms with E-state index in [0.717, 1.165) is 12.0 Å². The minimum atomic E-state index is -0.268. The molecular formula is C22H31ClN4O3S2. The zero-order chi connectivity index (χ0) is 21.8. The van der Waals surface area contributed by atoms with E-state index in [9.17, 15) is 9.90 Å². The van der Waals surface area contributed by atoms with E-state index >= 15 is 0 Å². The smallest absolute Gasteiger partial charge is 0.241 e. The Labute approximate surface area is 207 Å². The van der Waals surface area contributed by atoms with Crippen LogP contribution in [0.1, 0.15) is 25.8 Å². The number of ether oxygens (including phenoxy) is 1. The molecule has 3 rings (SSSR count). The number of anilines is 1. The molecule has 10 heteroatoms. The first-order valence-corrected chi connectivity index (χ1v) is 10.2. The predicted molar refractivity (Wildman–Crippen MR) is 140 cm³/mol. The number of nitrogens with zero attached hydrogens (tertiary/aromatic N) is 2. The normalized spacial score (nSPS) is 12.4. The third kappa shape index (κ3) is 5.90. The number of methoxy groups -OCH3 is 1. The zero-order valence-electron chi connectivity index (χ0n) is 18.6. The third-order valence-electron chi connectivity index (χ3n) is 5.36. The van der Waals surface area contributed by atoms with E-state index in [0.29, 0.717) is 33.4 Å². The van der Waals surface area contributed by atoms with Gasteiger partial charge in [-0.1, -0.05) is 31.9 Å². The topological polar surface area (TPSA) is 87.9 Å². The average Bonchev–Trinajstić information content (AvgIpc) is 3.17. The maximum Gasteiger partial charge on any atom is 0.241 e. The molecule has 7 nitrogen and oxygen atoms in total. The highest BCUT2D eigenvalue weighted by Crippen LogP contribution is 2.34. The molecule has 1 aromatic carbocycles. The summed E-state index contributed by atoms with van der Waals surface area (Å²) in [6, 6.07) is 6.82. The molecule has 0 aliphatic carbocycles. The van der Waals surface area contributed by atoms with Crippen LogP contribution in [0, 0.1) is 5.92 Å². The number of aromatic nitrogens is 2. The van der Waals surface area contributed by atoms with Crippen molar-refractivity contribution in [3.8, 4) is 17.0 Å². The fourth-order valence-corrected chi connectivity index (χ4v) is 3.68. The summed E-state index contributed by atoms with van der Waals surface area (Å²) in [5.41, 5.74) is 3.40. The molecular weight excluding hydrogens is 468 g/mol. The Morgan fingerprint density at radius 2 is 2.03 bits per heavy atom. The van der Waals surface area contributed by atoms with Gasteiger partial charge in [-0.25, -0.2) is 4.98 Å². The molecule has 32 heavy (non-hydrogen) atoms. The first-order chi connectivity index (χ1) is 14.4. The molecule has 0 radical (unpaired) electrons. The minimum absolute atomic E-state index is 0. The van der Waals surface area contributed by atoms with Crippen LogP contribution in [-0.2, 0) is 11.4 Å². The highest BCUT2D eigenvalue weighted by Gasteiger charge is 2.22. The molecule has 3 N–H and O–H groups in total. The molecule has 0 spiro atoms. The minimum Gasteiger partial charge on any atom is -0.495 e. The van der Waals surface area contributed by atoms with Crippen LogP contribution < -0.4 is 15.4 Å². The fraction of sp³-hybridized carbons (Fsp3) is 0.364. The van der Waals surface area contributed by atoms with E-state index in [1.165, 1.54) is 7.11 Å². The number of hydrogen-bond acceptors (Lipinski definition) is 5. The van der Waals surface area contributed by atoms with Crippen LogP contribution in [0.5, 0.6) is 5.75 Å². The number of amides is 1. The maximum absolute atomic E-state index is 12.6. The van der Waals surface area contributed by atoms with Gasteiger partial charge in [0.2, 0.25) is 5.91 Å². The molecule has 2 atom stereocenters. The number of halogens is 1. The first kappa shape index (κ1) is 28.1. The Bertz CT molecular complexity index is 1060. The maximum atomic E-state index is 12.6. The van der Waals surface area contributed by atoms with Gasteiger partial charge in [0.15, 0.2) is 0 Å². The van der Waals surface area contributed by atoms with Crippen LogP contribution >= 0.6 is 38.6 Å². The molecule has 2 aromatic heterocycles. The van der Waals surface area contributed by atoms with Crippen molar-refractivity contribution in [3.05, 3.63) is 47.2 Å². The number of imidazole rings is 1. The van der Waals surface area contributed by atoms with Crippen LogP contribution in [0.25, 0.3) is 16.9 Å². The molecule has 3 aromatic rings. The van der Waals surface area contributed by atoms with Crippen molar-refractivity contribution in [2.75, 3.05) is 19.5 Å². The highest BCUT2D eigenvalue weighted by molar-refractivity contribution is 7.59. The highest BCUT2D eigenvalue weighted by atomic mass is 35.5. The summed E-state index contributed by atoms with van der Waals surface area (Å²) >= 11 is 6.28. The summed E-state index contributed by atoms with van der Waals surface area (Å²) in [5.74, 6) is 0.639. The molecule has 0 fully saturated rings. The Balaban J connectivity index is 0.00000256. The third-order valence-corrected chi connectivity index (χ3v) is 5.65. The van der Waals surface area contributed by atoms with Crippen molar-refractivity contribution in [2.24, 2.45) is 5.92 Å². The van der Waals surface area contributed by atoms with Gasteiger partial charge in [0.1, 0.15) is 11.4 Å². The lowest BCUT2D eigenvalue weighted by Gasteiger charge is -2.21. The van der Waals surface area contributed by atoms with E-state index in [2.05, 4.69) is 22.5 Å². The van der Waals surface area contributed by atoms with Gasteiger partial charge in [0, 0.05) is 29.7 Å². The SMILES string of the molecule is CC[C@H](C)[C@H](NC)C(=O)Nc1ccn2cc(-c3cc(Cl)c(OC)cc3CO)nc2c1.S.S. The van der Waals surface area contributed by atoms with Gasteiger partial charge >= 0.3 is 0 Å². The largest absolute Gasteiger partial charge is 0.495 e. The zero-order valence-corrected chi connectivity index (χ0v) is 21.3. The Hall–Kier alpha value is -1.91. The molecule has 2 heterocycles. The molecule has 0 saturated heterocycles. The quantitative estimate of drug-likeness (QED) is 0.437. The lowest BCUT2D eigenvalue weighted by Crippen LogP contribution is -2.43. The van der Waals surface area contributed by atoms with Crippen LogP contribution in [-0.4, -0.2) is 40.6 Å². The van der Waals surface area contributed by atoms with Gasteiger partial charge in [0.05, 0.1) is 30.5 Å². The summed E-state index contributed by atoms with van der Waals surface area (Å²) in [5, 5.41) is 16.3. The lowest BCUT2D eigenvalue weighted by molar-refractivity contribution is -0.119. The number of benzene rings is 1. The second-order valence-corrected chi connectivity index (χ2v) is 7.66. The van der Waals surface area contributed by atoms with Crippen LogP contribution in [0.3, 0.4) is 0 Å². The Morgan fingerprint density at radius 3 is 2.62 bits per heavy atom. The average molecular weight is 499 g/mol. The van der Waals surface area contributed by atoms with Crippen molar-refractivity contribution in [1.29, 1.82) is 0 Å². The number of rotatable bonds is 8. The van der Waals surface area contributed by atoms with Gasteiger partial charge in [0.25, 0.3) is 0 Å². The number of nitrogens with one attached hydrogen (secondary N) is 2. The van der Waals surface area contributed by atoms with E-state index < -0.39 is 0 Å². The summed E-state index contributed by atoms with van der Waals surface area (Å²) in [7, 11) is 3.32. The van der Waals surface area contributed by atoms with Crippen LogP contribution in [0.15, 0.2) is 36.7 Å². The van der Waals surface area contributed by atoms with Crippen molar-refractivity contribution in [2.45, 2.75) is 32.9 Å². The van der Waals surface area contributed by atoms with Crippen molar-refractivity contribution < 1.29 is 14.6 Å². The summed E-state index contributed by atoms with van der Waals surface area (Å²) in [6.07, 6.45) is 4.59. The molecule has 0 unspecified atom stereocenters. The number of aliphatic hydroxyl groups excluding tert-OH is 1.